The number of carbonyl (C=O) groups is 1. The van der Waals surface area contributed by atoms with Crippen LogP contribution in [0.4, 0.5) is 5.13 Å². The predicted octanol–water partition coefficient (Wildman–Crippen LogP) is 5.10. The highest BCUT2D eigenvalue weighted by Gasteiger charge is 2.25. The number of para-hydroxylation sites is 1. The van der Waals surface area contributed by atoms with Gasteiger partial charge in [0.1, 0.15) is 0 Å². The average molecular weight is 450 g/mol. The number of aryl methyl sites for hydroxylation is 2. The fourth-order valence-corrected chi connectivity index (χ4v) is 4.58. The van der Waals surface area contributed by atoms with Gasteiger partial charge in [-0.2, -0.15) is 5.10 Å². The molecule has 164 valence electrons. The molecule has 0 saturated carbocycles. The van der Waals surface area contributed by atoms with Crippen LogP contribution in [0.3, 0.4) is 0 Å². The van der Waals surface area contributed by atoms with Crippen molar-refractivity contribution >= 4 is 45.0 Å². The highest BCUT2D eigenvalue weighted by Crippen LogP contribution is 2.31. The first-order valence-electron chi connectivity index (χ1n) is 10.3. The number of halogens is 1. The topological polar surface area (TPSA) is 54.3 Å². The van der Waals surface area contributed by atoms with E-state index in [2.05, 4.69) is 56.8 Å². The summed E-state index contributed by atoms with van der Waals surface area (Å²) < 4.78 is 3.00. The van der Waals surface area contributed by atoms with Crippen LogP contribution in [-0.2, 0) is 0 Å². The highest BCUT2D eigenvalue weighted by atomic mass is 35.5. The molecule has 2 aromatic heterocycles. The zero-order valence-corrected chi connectivity index (χ0v) is 20.3. The fourth-order valence-electron chi connectivity index (χ4n) is 3.51. The lowest BCUT2D eigenvalue weighted by Gasteiger charge is -2.24. The minimum atomic E-state index is -0.0867. The van der Waals surface area contributed by atoms with E-state index in [1.165, 1.54) is 0 Å². The van der Waals surface area contributed by atoms with Crippen LogP contribution in [0.2, 0.25) is 0 Å². The quantitative estimate of drug-likeness (QED) is 0.480. The molecule has 30 heavy (non-hydrogen) atoms. The zero-order chi connectivity index (χ0) is 21.1. The summed E-state index contributed by atoms with van der Waals surface area (Å²) in [7, 11) is 0. The Hall–Kier alpha value is -1.96. The minimum absolute atomic E-state index is 0. The van der Waals surface area contributed by atoms with Crippen molar-refractivity contribution in [2.45, 2.75) is 47.6 Å². The first kappa shape index (κ1) is 24.3. The van der Waals surface area contributed by atoms with Crippen molar-refractivity contribution in [2.75, 3.05) is 31.1 Å². The first-order valence-corrected chi connectivity index (χ1v) is 11.1. The minimum Gasteiger partial charge on any atom is -0.302 e. The third-order valence-corrected chi connectivity index (χ3v) is 6.29. The fraction of sp³-hybridized carbons (Fsp3) is 0.500. The molecule has 0 radical (unpaired) electrons. The summed E-state index contributed by atoms with van der Waals surface area (Å²) in [6, 6.07) is 8.25. The van der Waals surface area contributed by atoms with E-state index in [4.69, 9.17) is 4.98 Å². The summed E-state index contributed by atoms with van der Waals surface area (Å²) in [4.78, 5) is 22.4. The maximum absolute atomic E-state index is 13.5. The Kier molecular flexibility index (Phi) is 8.41. The number of anilines is 1. The van der Waals surface area contributed by atoms with E-state index in [0.717, 1.165) is 46.2 Å². The number of hydrogen-bond acceptors (Lipinski definition) is 5. The van der Waals surface area contributed by atoms with Crippen molar-refractivity contribution in [3.63, 3.8) is 0 Å². The molecule has 0 saturated heterocycles. The van der Waals surface area contributed by atoms with Gasteiger partial charge >= 0.3 is 0 Å². The highest BCUT2D eigenvalue weighted by molar-refractivity contribution is 7.22. The Balaban J connectivity index is 0.00000320. The van der Waals surface area contributed by atoms with E-state index in [0.29, 0.717) is 12.2 Å². The molecule has 0 aliphatic carbocycles. The third kappa shape index (κ3) is 5.02. The molecule has 6 nitrogen and oxygen atoms in total. The Morgan fingerprint density at radius 3 is 2.43 bits per heavy atom. The van der Waals surface area contributed by atoms with Gasteiger partial charge in [-0.1, -0.05) is 37.3 Å². The van der Waals surface area contributed by atoms with Crippen molar-refractivity contribution in [1.82, 2.24) is 19.7 Å². The Morgan fingerprint density at radius 2 is 1.87 bits per heavy atom. The van der Waals surface area contributed by atoms with Crippen LogP contribution in [0.25, 0.3) is 10.2 Å². The monoisotopic (exact) mass is 449 g/mol. The molecule has 1 amide bonds. The number of rotatable bonds is 8. The number of amides is 1. The summed E-state index contributed by atoms with van der Waals surface area (Å²) in [5.74, 6) is -0.0867. The number of aromatic nitrogens is 3. The van der Waals surface area contributed by atoms with Crippen LogP contribution in [0, 0.1) is 13.8 Å². The van der Waals surface area contributed by atoms with Gasteiger partial charge in [0, 0.05) is 24.8 Å². The number of nitrogens with zero attached hydrogens (tertiary/aromatic N) is 5. The van der Waals surface area contributed by atoms with E-state index in [1.807, 2.05) is 23.7 Å². The number of likely N-dealkylation sites (N-methyl/N-ethyl adjacent to an activating group) is 1. The van der Waals surface area contributed by atoms with Crippen LogP contribution in [-0.4, -0.2) is 51.8 Å². The Bertz CT molecular complexity index is 993. The summed E-state index contributed by atoms with van der Waals surface area (Å²) in [5.41, 5.74) is 3.57. The molecule has 3 rings (SSSR count). The van der Waals surface area contributed by atoms with Gasteiger partial charge in [-0.05, 0) is 58.5 Å². The molecule has 0 aliphatic rings. The number of fused-ring (bicyclic) bond motifs is 1. The van der Waals surface area contributed by atoms with Gasteiger partial charge < -0.3 is 4.90 Å². The Morgan fingerprint density at radius 1 is 1.17 bits per heavy atom. The number of hydrogen-bond donors (Lipinski definition) is 0. The van der Waals surface area contributed by atoms with Crippen LogP contribution in [0.15, 0.2) is 24.3 Å². The molecule has 0 unspecified atom stereocenters. The third-order valence-electron chi connectivity index (χ3n) is 5.25. The van der Waals surface area contributed by atoms with Crippen molar-refractivity contribution < 1.29 is 4.79 Å². The van der Waals surface area contributed by atoms with Gasteiger partial charge in [-0.3, -0.25) is 14.4 Å². The summed E-state index contributed by atoms with van der Waals surface area (Å²) in [6.07, 6.45) is 0. The summed E-state index contributed by atoms with van der Waals surface area (Å²) >= 11 is 1.57. The summed E-state index contributed by atoms with van der Waals surface area (Å²) in [6.45, 7) is 15.8. The zero-order valence-electron chi connectivity index (χ0n) is 18.7. The lowest BCUT2D eigenvalue weighted by molar-refractivity contribution is 0.0978. The van der Waals surface area contributed by atoms with Gasteiger partial charge in [0.2, 0.25) is 0 Å². The van der Waals surface area contributed by atoms with Crippen LogP contribution >= 0.6 is 23.7 Å². The smallest absolute Gasteiger partial charge is 0.280 e. The average Bonchev–Trinajstić information content (AvgIpc) is 3.29. The van der Waals surface area contributed by atoms with Crippen LogP contribution in [0.5, 0.6) is 0 Å². The lowest BCUT2D eigenvalue weighted by Crippen LogP contribution is -2.39. The number of thiazole rings is 1. The molecule has 0 atom stereocenters. The second-order valence-electron chi connectivity index (χ2n) is 7.61. The van der Waals surface area contributed by atoms with Crippen molar-refractivity contribution in [3.8, 4) is 0 Å². The molecular weight excluding hydrogens is 418 g/mol. The van der Waals surface area contributed by atoms with Gasteiger partial charge in [-0.25, -0.2) is 4.98 Å². The largest absolute Gasteiger partial charge is 0.302 e. The molecule has 8 heteroatoms. The maximum atomic E-state index is 13.5. The molecule has 0 fully saturated rings. The van der Waals surface area contributed by atoms with E-state index in [-0.39, 0.29) is 24.4 Å². The SMILES string of the molecule is CCN(CC)CCN(C(=O)c1cc(C)n(C(C)C)n1)c1nc2c(C)cccc2s1.Cl. The normalized spacial score (nSPS) is 11.3. The first-order chi connectivity index (χ1) is 13.8. The maximum Gasteiger partial charge on any atom is 0.280 e. The van der Waals surface area contributed by atoms with Gasteiger partial charge in [0.05, 0.1) is 10.2 Å². The van der Waals surface area contributed by atoms with E-state index in [1.54, 1.807) is 16.2 Å². The van der Waals surface area contributed by atoms with Crippen LogP contribution in [0.1, 0.15) is 55.5 Å². The van der Waals surface area contributed by atoms with Crippen molar-refractivity contribution in [1.29, 1.82) is 0 Å². The van der Waals surface area contributed by atoms with E-state index in [9.17, 15) is 4.79 Å². The van der Waals surface area contributed by atoms with Gasteiger partial charge in [0.15, 0.2) is 10.8 Å². The predicted molar refractivity (Wildman–Crippen MR) is 128 cm³/mol. The van der Waals surface area contributed by atoms with E-state index < -0.39 is 0 Å². The second kappa shape index (κ2) is 10.4. The summed E-state index contributed by atoms with van der Waals surface area (Å²) in [5, 5.41) is 5.32. The van der Waals surface area contributed by atoms with Crippen molar-refractivity contribution in [2.24, 2.45) is 0 Å². The molecule has 1 aromatic carbocycles. The molecule has 0 bridgehead atoms. The molecular formula is C22H32ClN5OS. The standard InChI is InChI=1S/C22H31N5OS.ClH/c1-7-25(8-2)12-13-26(21(28)18-14-17(6)27(24-18)15(3)4)22-23-20-16(5)10-9-11-19(20)29-22;/h9-11,14-15H,7-8,12-13H2,1-6H3;1H. The lowest BCUT2D eigenvalue weighted by atomic mass is 10.2. The van der Waals surface area contributed by atoms with Gasteiger partial charge in [-0.15, -0.1) is 12.4 Å². The molecule has 0 N–H and O–H groups in total. The molecule has 3 aromatic rings. The van der Waals surface area contributed by atoms with E-state index >= 15 is 0 Å². The molecule has 0 aliphatic heterocycles. The second-order valence-corrected chi connectivity index (χ2v) is 8.62. The van der Waals surface area contributed by atoms with Crippen molar-refractivity contribution in [3.05, 3.63) is 41.2 Å². The number of benzene rings is 1. The Labute approximate surface area is 189 Å². The molecule has 0 spiro atoms. The van der Waals surface area contributed by atoms with Gasteiger partial charge in [0.25, 0.3) is 5.91 Å². The number of carbonyl (C=O) groups excluding carboxylic acids is 1. The van der Waals surface area contributed by atoms with Crippen LogP contribution < -0.4 is 4.90 Å². The molecule has 2 heterocycles.